The van der Waals surface area contributed by atoms with Crippen molar-refractivity contribution in [3.63, 3.8) is 0 Å². The highest BCUT2D eigenvalue weighted by molar-refractivity contribution is 6.17. The minimum Gasteiger partial charge on any atom is -0.493 e. The summed E-state index contributed by atoms with van der Waals surface area (Å²) in [5, 5.41) is 8.79. The Hall–Kier alpha value is -1.40. The van der Waals surface area contributed by atoms with Crippen LogP contribution in [-0.4, -0.2) is 13.7 Å². The van der Waals surface area contributed by atoms with E-state index in [0.717, 1.165) is 18.4 Å². The second-order valence-electron chi connectivity index (χ2n) is 4.71. The summed E-state index contributed by atoms with van der Waals surface area (Å²) in [6.45, 7) is 0.560. The minimum atomic E-state index is 0.0547. The molecule has 2 rings (SSSR count). The highest BCUT2D eigenvalue weighted by atomic mass is 35.5. The van der Waals surface area contributed by atoms with Crippen molar-refractivity contribution in [2.24, 2.45) is 5.41 Å². The van der Waals surface area contributed by atoms with Crippen molar-refractivity contribution in [3.8, 4) is 17.6 Å². The molecule has 1 aliphatic rings. The molecule has 0 atom stereocenters. The zero-order chi connectivity index (χ0) is 13.0. The summed E-state index contributed by atoms with van der Waals surface area (Å²) >= 11 is 5.90. The largest absolute Gasteiger partial charge is 0.493 e. The van der Waals surface area contributed by atoms with Gasteiger partial charge < -0.3 is 9.47 Å². The first-order valence-electron chi connectivity index (χ1n) is 5.96. The van der Waals surface area contributed by atoms with Crippen LogP contribution in [0.15, 0.2) is 18.2 Å². The Kier molecular flexibility index (Phi) is 3.98. The maximum atomic E-state index is 8.79. The quantitative estimate of drug-likeness (QED) is 0.739. The van der Waals surface area contributed by atoms with E-state index in [1.165, 1.54) is 0 Å². The predicted molar refractivity (Wildman–Crippen MR) is 69.9 cm³/mol. The smallest absolute Gasteiger partial charge is 0.165 e. The fourth-order valence-corrected chi connectivity index (χ4v) is 2.14. The first-order chi connectivity index (χ1) is 8.74. The van der Waals surface area contributed by atoms with E-state index >= 15 is 0 Å². The lowest BCUT2D eigenvalue weighted by atomic mass is 10.1. The van der Waals surface area contributed by atoms with Gasteiger partial charge in [0.05, 0.1) is 25.7 Å². The van der Waals surface area contributed by atoms with Crippen LogP contribution in [-0.2, 0) is 5.88 Å². The molecule has 0 aliphatic heterocycles. The highest BCUT2D eigenvalue weighted by Gasteiger charge is 2.43. The van der Waals surface area contributed by atoms with E-state index in [4.69, 9.17) is 26.3 Å². The lowest BCUT2D eigenvalue weighted by Crippen LogP contribution is -2.13. The van der Waals surface area contributed by atoms with E-state index in [1.54, 1.807) is 7.11 Å². The molecule has 1 aliphatic carbocycles. The van der Waals surface area contributed by atoms with Crippen LogP contribution in [0.1, 0.15) is 24.8 Å². The van der Waals surface area contributed by atoms with Gasteiger partial charge in [-0.25, -0.2) is 0 Å². The molecule has 0 N–H and O–H groups in total. The Bertz CT molecular complexity index is 441. The van der Waals surface area contributed by atoms with Crippen molar-refractivity contribution in [1.29, 1.82) is 5.26 Å². The van der Waals surface area contributed by atoms with Crippen LogP contribution >= 0.6 is 11.6 Å². The molecule has 0 saturated heterocycles. The van der Waals surface area contributed by atoms with Crippen LogP contribution in [0.25, 0.3) is 0 Å². The van der Waals surface area contributed by atoms with E-state index in [0.29, 0.717) is 30.4 Å². The number of nitrogens with zero attached hydrogens (tertiary/aromatic N) is 1. The van der Waals surface area contributed by atoms with Gasteiger partial charge in [0, 0.05) is 17.4 Å². The van der Waals surface area contributed by atoms with Crippen molar-refractivity contribution in [3.05, 3.63) is 23.8 Å². The Morgan fingerprint density at radius 2 is 2.22 bits per heavy atom. The van der Waals surface area contributed by atoms with Crippen molar-refractivity contribution in [2.45, 2.75) is 25.1 Å². The molecule has 0 bridgehead atoms. The lowest BCUT2D eigenvalue weighted by Gasteiger charge is -2.17. The number of ether oxygens (including phenoxy) is 2. The Balaban J connectivity index is 2.11. The first-order valence-corrected chi connectivity index (χ1v) is 6.50. The maximum absolute atomic E-state index is 8.79. The molecule has 1 aromatic rings. The van der Waals surface area contributed by atoms with Crippen molar-refractivity contribution >= 4 is 11.6 Å². The van der Waals surface area contributed by atoms with E-state index in [-0.39, 0.29) is 5.41 Å². The third-order valence-corrected chi connectivity index (χ3v) is 3.65. The van der Waals surface area contributed by atoms with Gasteiger partial charge in [-0.15, -0.1) is 11.6 Å². The average molecular weight is 266 g/mol. The molecule has 4 heteroatoms. The van der Waals surface area contributed by atoms with Crippen molar-refractivity contribution in [2.75, 3.05) is 13.7 Å². The number of nitriles is 1. The number of hydrogen-bond acceptors (Lipinski definition) is 3. The zero-order valence-electron chi connectivity index (χ0n) is 10.4. The summed E-state index contributed by atoms with van der Waals surface area (Å²) in [4.78, 5) is 0. The van der Waals surface area contributed by atoms with Crippen LogP contribution in [0, 0.1) is 16.7 Å². The molecule has 1 aromatic carbocycles. The molecule has 0 amide bonds. The van der Waals surface area contributed by atoms with Gasteiger partial charge in [-0.3, -0.25) is 0 Å². The molecular formula is C14H16ClNO2. The van der Waals surface area contributed by atoms with Crippen LogP contribution in [0.2, 0.25) is 0 Å². The van der Waals surface area contributed by atoms with Gasteiger partial charge in [-0.1, -0.05) is 12.1 Å². The molecule has 3 nitrogen and oxygen atoms in total. The van der Waals surface area contributed by atoms with Crippen LogP contribution in [0.3, 0.4) is 0 Å². The second kappa shape index (κ2) is 5.49. The second-order valence-corrected chi connectivity index (χ2v) is 4.97. The molecular weight excluding hydrogens is 250 g/mol. The number of para-hydroxylation sites is 1. The van der Waals surface area contributed by atoms with Crippen molar-refractivity contribution < 1.29 is 9.47 Å². The van der Waals surface area contributed by atoms with E-state index in [1.807, 2.05) is 18.2 Å². The normalized spacial score (nSPS) is 15.8. The summed E-state index contributed by atoms with van der Waals surface area (Å²) in [7, 11) is 1.61. The van der Waals surface area contributed by atoms with E-state index < -0.39 is 0 Å². The molecule has 0 heterocycles. The summed E-state index contributed by atoms with van der Waals surface area (Å²) in [6.07, 6.45) is 2.68. The van der Waals surface area contributed by atoms with Gasteiger partial charge >= 0.3 is 0 Å². The molecule has 1 saturated carbocycles. The zero-order valence-corrected chi connectivity index (χ0v) is 11.2. The number of halogens is 1. The standard InChI is InChI=1S/C14H16ClNO2/c1-17-12-4-2-3-11(9-15)13(12)18-10-14(5-6-14)7-8-16/h2-4H,5-7,9-10H2,1H3. The van der Waals surface area contributed by atoms with Gasteiger partial charge in [0.1, 0.15) is 0 Å². The van der Waals surface area contributed by atoms with Gasteiger partial charge in [-0.05, 0) is 18.9 Å². The molecule has 0 radical (unpaired) electrons. The Morgan fingerprint density at radius 3 is 2.78 bits per heavy atom. The summed E-state index contributed by atoms with van der Waals surface area (Å²) in [5.41, 5.74) is 0.975. The predicted octanol–water partition coefficient (Wildman–Crippen LogP) is 3.51. The van der Waals surface area contributed by atoms with Crippen LogP contribution in [0.5, 0.6) is 11.5 Å². The molecule has 0 aromatic heterocycles. The average Bonchev–Trinajstić information content (AvgIpc) is 3.16. The first kappa shape index (κ1) is 13.0. The molecule has 0 unspecified atom stereocenters. The monoisotopic (exact) mass is 265 g/mol. The van der Waals surface area contributed by atoms with Gasteiger partial charge in [0.25, 0.3) is 0 Å². The SMILES string of the molecule is COc1cccc(CCl)c1OCC1(CC#N)CC1. The van der Waals surface area contributed by atoms with E-state index in [2.05, 4.69) is 6.07 Å². The number of benzene rings is 1. The number of methoxy groups -OCH3 is 1. The third kappa shape index (κ3) is 2.70. The summed E-state index contributed by atoms with van der Waals surface area (Å²) < 4.78 is 11.2. The Morgan fingerprint density at radius 1 is 1.44 bits per heavy atom. The molecule has 18 heavy (non-hydrogen) atoms. The maximum Gasteiger partial charge on any atom is 0.165 e. The molecule has 1 fully saturated rings. The van der Waals surface area contributed by atoms with Crippen LogP contribution in [0.4, 0.5) is 0 Å². The fraction of sp³-hybridized carbons (Fsp3) is 0.500. The summed E-state index contributed by atoms with van der Waals surface area (Å²) in [6, 6.07) is 7.90. The van der Waals surface area contributed by atoms with Gasteiger partial charge in [0.2, 0.25) is 0 Å². The Labute approximate surface area is 112 Å². The van der Waals surface area contributed by atoms with Crippen molar-refractivity contribution in [1.82, 2.24) is 0 Å². The van der Waals surface area contributed by atoms with Gasteiger partial charge in [0.15, 0.2) is 11.5 Å². The number of alkyl halides is 1. The molecule has 0 spiro atoms. The van der Waals surface area contributed by atoms with Gasteiger partial charge in [-0.2, -0.15) is 5.26 Å². The lowest BCUT2D eigenvalue weighted by molar-refractivity contribution is 0.225. The molecule has 96 valence electrons. The fourth-order valence-electron chi connectivity index (χ4n) is 1.93. The minimum absolute atomic E-state index is 0.0547. The highest BCUT2D eigenvalue weighted by Crippen LogP contribution is 2.49. The number of rotatable bonds is 6. The number of hydrogen-bond donors (Lipinski definition) is 0. The summed E-state index contributed by atoms with van der Waals surface area (Å²) in [5.74, 6) is 1.79. The van der Waals surface area contributed by atoms with E-state index in [9.17, 15) is 0 Å². The van der Waals surface area contributed by atoms with Crippen LogP contribution < -0.4 is 9.47 Å². The topological polar surface area (TPSA) is 42.2 Å². The third-order valence-electron chi connectivity index (χ3n) is 3.36.